The topological polar surface area (TPSA) is 3.88 Å². The summed E-state index contributed by atoms with van der Waals surface area (Å²) >= 11 is 0. The van der Waals surface area contributed by atoms with Crippen LogP contribution in [0.1, 0.15) is 30.5 Å². The van der Waals surface area contributed by atoms with Gasteiger partial charge >= 0.3 is 0 Å². The van der Waals surface area contributed by atoms with Gasteiger partial charge in [-0.1, -0.05) is 68.4 Å². The Labute approximate surface area is 178 Å². The maximum Gasteiger partial charge on any atom is 0.216 e. The summed E-state index contributed by atoms with van der Waals surface area (Å²) in [5, 5.41) is 6.69. The lowest BCUT2D eigenvalue weighted by Gasteiger charge is -2.13. The molecule has 4 aromatic carbocycles. The maximum atomic E-state index is 2.41. The second kappa shape index (κ2) is 7.25. The Balaban J connectivity index is 1.85. The zero-order valence-electron chi connectivity index (χ0n) is 18.3. The summed E-state index contributed by atoms with van der Waals surface area (Å²) in [4.78, 5) is 0. The van der Waals surface area contributed by atoms with Gasteiger partial charge in [-0.05, 0) is 64.6 Å². The maximum absolute atomic E-state index is 2.41. The zero-order valence-corrected chi connectivity index (χ0v) is 18.3. The monoisotopic (exact) mass is 390 g/mol. The van der Waals surface area contributed by atoms with Crippen LogP contribution in [0.25, 0.3) is 43.7 Å². The highest BCUT2D eigenvalue weighted by Gasteiger charge is 2.20. The van der Waals surface area contributed by atoms with Crippen LogP contribution in [0.4, 0.5) is 0 Å². The van der Waals surface area contributed by atoms with Crippen molar-refractivity contribution in [2.75, 3.05) is 0 Å². The van der Waals surface area contributed by atoms with Gasteiger partial charge in [-0.3, -0.25) is 0 Å². The number of rotatable bonds is 3. The Bertz CT molecular complexity index is 1430. The van der Waals surface area contributed by atoms with Crippen molar-refractivity contribution in [2.45, 2.75) is 33.6 Å². The molecule has 1 heterocycles. The average Bonchev–Trinajstić information content (AvgIpc) is 2.79. The molecule has 0 saturated carbocycles. The smallest absolute Gasteiger partial charge is 0.194 e. The van der Waals surface area contributed by atoms with E-state index in [1.165, 1.54) is 60.4 Å². The number of fused-ring (bicyclic) bond motifs is 4. The normalized spacial score (nSPS) is 11.6. The van der Waals surface area contributed by atoms with Gasteiger partial charge in [-0.15, -0.1) is 0 Å². The van der Waals surface area contributed by atoms with Crippen LogP contribution in [0.15, 0.2) is 72.8 Å². The van der Waals surface area contributed by atoms with Crippen LogP contribution in [0, 0.1) is 6.92 Å². The van der Waals surface area contributed by atoms with E-state index in [0.29, 0.717) is 0 Å². The van der Waals surface area contributed by atoms with Gasteiger partial charge in [-0.2, -0.15) is 4.57 Å². The number of hydrogen-bond acceptors (Lipinski definition) is 0. The number of hydrogen-bond donors (Lipinski definition) is 0. The van der Waals surface area contributed by atoms with Gasteiger partial charge in [0.1, 0.15) is 7.05 Å². The molecule has 1 nitrogen and oxygen atoms in total. The lowest BCUT2D eigenvalue weighted by atomic mass is 9.92. The quantitative estimate of drug-likeness (QED) is 0.229. The fraction of sp³-hybridized carbons (Fsp3) is 0.207. The van der Waals surface area contributed by atoms with Gasteiger partial charge < -0.3 is 0 Å². The molecular weight excluding hydrogens is 362 g/mol. The Kier molecular flexibility index (Phi) is 4.55. The summed E-state index contributed by atoms with van der Waals surface area (Å²) in [6, 6.07) is 27.0. The number of nitrogens with zero attached hydrogens (tertiary/aromatic N) is 1. The van der Waals surface area contributed by atoms with Gasteiger partial charge in [0.25, 0.3) is 0 Å². The standard InChI is InChI=1S/C29H28N/c1-5-20-11-12-21(6-2)29-26(20)17-18-27(30(29)4)24-16-15-23-14-13-22-9-7-8-10-25(22)28(23)19(24)3/h7-18H,5-6H2,1-4H3/q+1. The summed E-state index contributed by atoms with van der Waals surface area (Å²) in [6.45, 7) is 6.77. The third kappa shape index (κ3) is 2.73. The van der Waals surface area contributed by atoms with Gasteiger partial charge in [0.05, 0.1) is 0 Å². The fourth-order valence-corrected chi connectivity index (χ4v) is 5.09. The van der Waals surface area contributed by atoms with Crippen LogP contribution in [0.3, 0.4) is 0 Å². The summed E-state index contributed by atoms with van der Waals surface area (Å²) in [7, 11) is 2.23. The fourth-order valence-electron chi connectivity index (χ4n) is 5.09. The lowest BCUT2D eigenvalue weighted by molar-refractivity contribution is -0.633. The molecular formula is C29H28N+. The predicted octanol–water partition coefficient (Wildman–Crippen LogP) is 7.07. The van der Waals surface area contributed by atoms with Crippen LogP contribution >= 0.6 is 0 Å². The third-order valence-corrected chi connectivity index (χ3v) is 6.70. The van der Waals surface area contributed by atoms with E-state index in [9.17, 15) is 0 Å². The van der Waals surface area contributed by atoms with Gasteiger partial charge in [0, 0.05) is 22.6 Å². The highest BCUT2D eigenvalue weighted by atomic mass is 14.9. The largest absolute Gasteiger partial charge is 0.216 e. The van der Waals surface area contributed by atoms with E-state index in [1.54, 1.807) is 0 Å². The van der Waals surface area contributed by atoms with Crippen molar-refractivity contribution < 1.29 is 4.57 Å². The van der Waals surface area contributed by atoms with E-state index < -0.39 is 0 Å². The molecule has 0 unspecified atom stereocenters. The molecule has 0 spiro atoms. The molecule has 0 atom stereocenters. The first kappa shape index (κ1) is 18.8. The summed E-state index contributed by atoms with van der Waals surface area (Å²) in [5.74, 6) is 0. The van der Waals surface area contributed by atoms with E-state index in [1.807, 2.05) is 0 Å². The molecule has 0 aliphatic rings. The van der Waals surface area contributed by atoms with Crippen molar-refractivity contribution >= 4 is 32.4 Å². The molecule has 5 rings (SSSR count). The Morgan fingerprint density at radius 3 is 2.17 bits per heavy atom. The Hall–Kier alpha value is -3.19. The van der Waals surface area contributed by atoms with Crippen LogP contribution < -0.4 is 4.57 Å². The third-order valence-electron chi connectivity index (χ3n) is 6.70. The summed E-state index contributed by atoms with van der Waals surface area (Å²) < 4.78 is 2.41. The highest BCUT2D eigenvalue weighted by Crippen LogP contribution is 2.34. The number of aromatic nitrogens is 1. The van der Waals surface area contributed by atoms with Crippen LogP contribution in [0.5, 0.6) is 0 Å². The van der Waals surface area contributed by atoms with E-state index in [2.05, 4.69) is 105 Å². The molecule has 148 valence electrons. The first-order chi connectivity index (χ1) is 14.6. The molecule has 0 amide bonds. The molecule has 0 aliphatic heterocycles. The summed E-state index contributed by atoms with van der Waals surface area (Å²) in [6.07, 6.45) is 2.10. The zero-order chi connectivity index (χ0) is 20.8. The van der Waals surface area contributed by atoms with E-state index in [0.717, 1.165) is 12.8 Å². The highest BCUT2D eigenvalue weighted by molar-refractivity contribution is 6.10. The minimum atomic E-state index is 1.04. The summed E-state index contributed by atoms with van der Waals surface area (Å²) in [5.41, 5.74) is 8.14. The molecule has 5 aromatic rings. The molecule has 0 radical (unpaired) electrons. The van der Waals surface area contributed by atoms with Gasteiger partial charge in [0.15, 0.2) is 0 Å². The van der Waals surface area contributed by atoms with Crippen molar-refractivity contribution in [1.29, 1.82) is 0 Å². The average molecular weight is 391 g/mol. The van der Waals surface area contributed by atoms with E-state index in [4.69, 9.17) is 0 Å². The SMILES string of the molecule is CCc1ccc(CC)c2c1ccc(-c1ccc3ccc4ccccc4c3c1C)[n+]2C. The predicted molar refractivity (Wildman–Crippen MR) is 129 cm³/mol. The van der Waals surface area contributed by atoms with E-state index >= 15 is 0 Å². The van der Waals surface area contributed by atoms with Crippen molar-refractivity contribution in [3.05, 3.63) is 89.5 Å². The molecule has 0 aliphatic carbocycles. The van der Waals surface area contributed by atoms with Crippen LogP contribution in [-0.4, -0.2) is 0 Å². The molecule has 0 saturated heterocycles. The van der Waals surface area contributed by atoms with Crippen molar-refractivity contribution in [3.63, 3.8) is 0 Å². The van der Waals surface area contributed by atoms with Gasteiger partial charge in [-0.25, -0.2) is 0 Å². The molecule has 0 bridgehead atoms. The van der Waals surface area contributed by atoms with Crippen LogP contribution in [-0.2, 0) is 19.9 Å². The molecule has 0 N–H and O–H groups in total. The van der Waals surface area contributed by atoms with Gasteiger partial charge in [0.2, 0.25) is 11.2 Å². The first-order valence-corrected chi connectivity index (χ1v) is 11.0. The number of aryl methyl sites for hydroxylation is 4. The van der Waals surface area contributed by atoms with E-state index in [-0.39, 0.29) is 0 Å². The Morgan fingerprint density at radius 1 is 0.667 bits per heavy atom. The molecule has 1 heteroatoms. The number of benzene rings is 4. The van der Waals surface area contributed by atoms with Crippen LogP contribution in [0.2, 0.25) is 0 Å². The molecule has 30 heavy (non-hydrogen) atoms. The minimum absolute atomic E-state index is 1.04. The van der Waals surface area contributed by atoms with Crippen molar-refractivity contribution in [1.82, 2.24) is 0 Å². The molecule has 1 aromatic heterocycles. The second-order valence-electron chi connectivity index (χ2n) is 8.25. The Morgan fingerprint density at radius 2 is 1.37 bits per heavy atom. The molecule has 0 fully saturated rings. The minimum Gasteiger partial charge on any atom is -0.194 e. The second-order valence-corrected chi connectivity index (χ2v) is 8.25. The lowest BCUT2D eigenvalue weighted by Crippen LogP contribution is -2.33. The first-order valence-electron chi connectivity index (χ1n) is 11.0. The van der Waals surface area contributed by atoms with Crippen molar-refractivity contribution in [3.8, 4) is 11.3 Å². The number of pyridine rings is 1. The van der Waals surface area contributed by atoms with Crippen molar-refractivity contribution in [2.24, 2.45) is 7.05 Å².